The van der Waals surface area contributed by atoms with E-state index in [2.05, 4.69) is 30.2 Å². The van der Waals surface area contributed by atoms with E-state index >= 15 is 0 Å². The summed E-state index contributed by atoms with van der Waals surface area (Å²) in [6.45, 7) is 7.09. The first kappa shape index (κ1) is 20.3. The van der Waals surface area contributed by atoms with Gasteiger partial charge in [-0.15, -0.1) is 0 Å². The first-order chi connectivity index (χ1) is 13.6. The molecule has 5 heteroatoms. The van der Waals surface area contributed by atoms with Gasteiger partial charge >= 0.3 is 0 Å². The van der Waals surface area contributed by atoms with E-state index < -0.39 is 0 Å². The lowest BCUT2D eigenvalue weighted by Gasteiger charge is -2.31. The monoisotopic (exact) mass is 381 g/mol. The van der Waals surface area contributed by atoms with Gasteiger partial charge in [0.05, 0.1) is 25.3 Å². The van der Waals surface area contributed by atoms with Crippen LogP contribution >= 0.6 is 0 Å². The fraction of sp³-hybridized carbons (Fsp3) is 0.478. The molecule has 1 amide bonds. The minimum atomic E-state index is 0.140. The second kappa shape index (κ2) is 10.2. The van der Waals surface area contributed by atoms with Crippen molar-refractivity contribution in [2.75, 3.05) is 19.7 Å². The van der Waals surface area contributed by atoms with Gasteiger partial charge in [-0.25, -0.2) is 0 Å². The van der Waals surface area contributed by atoms with E-state index in [4.69, 9.17) is 4.74 Å². The molecule has 2 heterocycles. The Kier molecular flexibility index (Phi) is 7.43. The van der Waals surface area contributed by atoms with Gasteiger partial charge in [-0.3, -0.25) is 9.78 Å². The zero-order valence-electron chi connectivity index (χ0n) is 17.0. The van der Waals surface area contributed by atoms with E-state index in [0.717, 1.165) is 43.8 Å². The van der Waals surface area contributed by atoms with Crippen molar-refractivity contribution in [2.45, 2.75) is 52.1 Å². The van der Waals surface area contributed by atoms with Crippen LogP contribution in [0.5, 0.6) is 5.75 Å². The van der Waals surface area contributed by atoms with Crippen molar-refractivity contribution in [3.63, 3.8) is 0 Å². The summed E-state index contributed by atoms with van der Waals surface area (Å²) in [5, 5.41) is 3.43. The molecule has 0 radical (unpaired) electrons. The van der Waals surface area contributed by atoms with Gasteiger partial charge in [-0.2, -0.15) is 0 Å². The summed E-state index contributed by atoms with van der Waals surface area (Å²) in [5.74, 6) is 0.965. The molecule has 0 bridgehead atoms. The number of benzene rings is 1. The van der Waals surface area contributed by atoms with Gasteiger partial charge in [0.25, 0.3) is 0 Å². The number of aromatic nitrogens is 1. The molecule has 2 aromatic rings. The number of nitrogens with zero attached hydrogens (tertiary/aromatic N) is 2. The summed E-state index contributed by atoms with van der Waals surface area (Å²) in [5.41, 5.74) is 3.38. The number of hydrogen-bond donors (Lipinski definition) is 1. The zero-order chi connectivity index (χ0) is 19.8. The van der Waals surface area contributed by atoms with E-state index in [1.54, 1.807) is 6.20 Å². The standard InChI is InChI=1S/C23H31N3O2/c1-18-8-9-22(16-19(18)2)28-15-11-23(27)26(17-20-6-3-4-13-25-20)21-7-5-12-24-14-10-21/h3-4,6,8-9,13,16,21,24H,5,7,10-12,14-15,17H2,1-2H3. The number of rotatable bonds is 7. The van der Waals surface area contributed by atoms with Gasteiger partial charge in [0.15, 0.2) is 0 Å². The molecule has 1 unspecified atom stereocenters. The molecular weight excluding hydrogens is 350 g/mol. The van der Waals surface area contributed by atoms with Crippen LogP contribution in [0, 0.1) is 13.8 Å². The molecular formula is C23H31N3O2. The van der Waals surface area contributed by atoms with Gasteiger partial charge in [0.1, 0.15) is 5.75 Å². The Hall–Kier alpha value is -2.40. The number of pyridine rings is 1. The molecule has 1 aliphatic rings. The summed E-state index contributed by atoms with van der Waals surface area (Å²) >= 11 is 0. The maximum absolute atomic E-state index is 13.1. The largest absolute Gasteiger partial charge is 0.493 e. The second-order valence-electron chi connectivity index (χ2n) is 7.52. The van der Waals surface area contributed by atoms with Crippen LogP contribution in [0.2, 0.25) is 0 Å². The molecule has 1 N–H and O–H groups in total. The Balaban J connectivity index is 1.62. The lowest BCUT2D eigenvalue weighted by molar-refractivity contribution is -0.135. The minimum absolute atomic E-state index is 0.140. The summed E-state index contributed by atoms with van der Waals surface area (Å²) < 4.78 is 5.85. The summed E-state index contributed by atoms with van der Waals surface area (Å²) in [6, 6.07) is 12.2. The Bertz CT molecular complexity index is 756. The predicted octanol–water partition coefficient (Wildman–Crippen LogP) is 3.64. The fourth-order valence-corrected chi connectivity index (χ4v) is 3.60. The molecule has 1 saturated heterocycles. The molecule has 0 spiro atoms. The molecule has 1 aromatic carbocycles. The number of carbonyl (C=O) groups is 1. The molecule has 1 atom stereocenters. The maximum Gasteiger partial charge on any atom is 0.226 e. The molecule has 150 valence electrons. The first-order valence-corrected chi connectivity index (χ1v) is 10.2. The Morgan fingerprint density at radius 1 is 1.18 bits per heavy atom. The van der Waals surface area contributed by atoms with Crippen LogP contribution in [0.15, 0.2) is 42.6 Å². The lowest BCUT2D eigenvalue weighted by atomic mass is 10.1. The van der Waals surface area contributed by atoms with Crippen LogP contribution in [0.4, 0.5) is 0 Å². The van der Waals surface area contributed by atoms with Crippen molar-refractivity contribution >= 4 is 5.91 Å². The average molecular weight is 382 g/mol. The van der Waals surface area contributed by atoms with Crippen molar-refractivity contribution in [2.24, 2.45) is 0 Å². The van der Waals surface area contributed by atoms with E-state index in [9.17, 15) is 4.79 Å². The number of amides is 1. The van der Waals surface area contributed by atoms with Crippen LogP contribution in [-0.2, 0) is 11.3 Å². The van der Waals surface area contributed by atoms with E-state index in [0.29, 0.717) is 19.6 Å². The normalized spacial score (nSPS) is 17.0. The Morgan fingerprint density at radius 2 is 2.07 bits per heavy atom. The summed E-state index contributed by atoms with van der Waals surface area (Å²) in [4.78, 5) is 19.5. The number of nitrogens with one attached hydrogen (secondary N) is 1. The van der Waals surface area contributed by atoms with Gasteiger partial charge in [-0.1, -0.05) is 12.1 Å². The lowest BCUT2D eigenvalue weighted by Crippen LogP contribution is -2.41. The molecule has 0 aliphatic carbocycles. The van der Waals surface area contributed by atoms with Gasteiger partial charge in [-0.05, 0) is 81.6 Å². The van der Waals surface area contributed by atoms with Crippen LogP contribution in [0.3, 0.4) is 0 Å². The minimum Gasteiger partial charge on any atom is -0.493 e. The highest BCUT2D eigenvalue weighted by Crippen LogP contribution is 2.19. The smallest absolute Gasteiger partial charge is 0.226 e. The third kappa shape index (κ3) is 5.80. The Morgan fingerprint density at radius 3 is 2.86 bits per heavy atom. The second-order valence-corrected chi connectivity index (χ2v) is 7.52. The fourth-order valence-electron chi connectivity index (χ4n) is 3.60. The average Bonchev–Trinajstić information content (AvgIpc) is 2.99. The van der Waals surface area contributed by atoms with Crippen molar-refractivity contribution in [1.29, 1.82) is 0 Å². The first-order valence-electron chi connectivity index (χ1n) is 10.2. The van der Waals surface area contributed by atoms with Crippen LogP contribution in [-0.4, -0.2) is 41.5 Å². The van der Waals surface area contributed by atoms with Gasteiger partial charge in [0, 0.05) is 12.2 Å². The van der Waals surface area contributed by atoms with Crippen molar-refractivity contribution in [3.8, 4) is 5.75 Å². The highest BCUT2D eigenvalue weighted by Gasteiger charge is 2.25. The topological polar surface area (TPSA) is 54.5 Å². The highest BCUT2D eigenvalue weighted by molar-refractivity contribution is 5.76. The molecule has 1 aliphatic heterocycles. The quantitative estimate of drug-likeness (QED) is 0.796. The van der Waals surface area contributed by atoms with Crippen LogP contribution in [0.1, 0.15) is 42.5 Å². The van der Waals surface area contributed by atoms with E-state index in [1.165, 1.54) is 11.1 Å². The SMILES string of the molecule is Cc1ccc(OCCC(=O)N(Cc2ccccn2)C2CCCNCC2)cc1C. The number of carbonyl (C=O) groups excluding carboxylic acids is 1. The van der Waals surface area contributed by atoms with E-state index in [1.807, 2.05) is 35.2 Å². The highest BCUT2D eigenvalue weighted by atomic mass is 16.5. The predicted molar refractivity (Wildman–Crippen MR) is 111 cm³/mol. The van der Waals surface area contributed by atoms with Crippen molar-refractivity contribution in [1.82, 2.24) is 15.2 Å². The Labute approximate surface area is 168 Å². The number of hydrogen-bond acceptors (Lipinski definition) is 4. The molecule has 1 aromatic heterocycles. The van der Waals surface area contributed by atoms with Crippen molar-refractivity contribution in [3.05, 3.63) is 59.4 Å². The zero-order valence-corrected chi connectivity index (χ0v) is 17.0. The van der Waals surface area contributed by atoms with E-state index in [-0.39, 0.29) is 11.9 Å². The van der Waals surface area contributed by atoms with Gasteiger partial charge in [0.2, 0.25) is 5.91 Å². The molecule has 1 fully saturated rings. The number of ether oxygens (including phenoxy) is 1. The molecule has 0 saturated carbocycles. The van der Waals surface area contributed by atoms with Crippen LogP contribution < -0.4 is 10.1 Å². The number of aryl methyl sites for hydroxylation is 2. The molecule has 5 nitrogen and oxygen atoms in total. The third-order valence-electron chi connectivity index (χ3n) is 5.43. The van der Waals surface area contributed by atoms with Crippen molar-refractivity contribution < 1.29 is 9.53 Å². The third-order valence-corrected chi connectivity index (χ3v) is 5.43. The maximum atomic E-state index is 13.1. The summed E-state index contributed by atoms with van der Waals surface area (Å²) in [6.07, 6.45) is 5.27. The molecule has 3 rings (SSSR count). The van der Waals surface area contributed by atoms with Crippen LogP contribution in [0.25, 0.3) is 0 Å². The molecule has 28 heavy (non-hydrogen) atoms. The van der Waals surface area contributed by atoms with Gasteiger partial charge < -0.3 is 15.0 Å². The summed E-state index contributed by atoms with van der Waals surface area (Å²) in [7, 11) is 0.